The van der Waals surface area contributed by atoms with Crippen LogP contribution in [0.15, 0.2) is 18.2 Å². The monoisotopic (exact) mass is 259 g/mol. The van der Waals surface area contributed by atoms with Gasteiger partial charge in [-0.2, -0.15) is 0 Å². The number of nitrogens with one attached hydrogen (secondary N) is 1. The Morgan fingerprint density at radius 1 is 1.21 bits per heavy atom. The molecule has 2 nitrogen and oxygen atoms in total. The number of ether oxygens (including phenoxy) is 1. The lowest BCUT2D eigenvalue weighted by atomic mass is 9.83. The zero-order chi connectivity index (χ0) is 13.1. The molecule has 1 aromatic carbocycles. The third-order valence-electron chi connectivity index (χ3n) is 4.64. The van der Waals surface area contributed by atoms with Gasteiger partial charge in [0.2, 0.25) is 0 Å². The first kappa shape index (κ1) is 12.8. The summed E-state index contributed by atoms with van der Waals surface area (Å²) in [7, 11) is 0. The molecule has 0 saturated heterocycles. The van der Waals surface area contributed by atoms with Crippen LogP contribution in [0.2, 0.25) is 0 Å². The molecule has 104 valence electrons. The quantitative estimate of drug-likeness (QED) is 0.876. The van der Waals surface area contributed by atoms with Gasteiger partial charge in [0, 0.05) is 18.3 Å². The van der Waals surface area contributed by atoms with Crippen LogP contribution in [-0.2, 0) is 6.42 Å². The average Bonchev–Trinajstić information content (AvgIpc) is 2.46. The predicted molar refractivity (Wildman–Crippen MR) is 79.9 cm³/mol. The van der Waals surface area contributed by atoms with Gasteiger partial charge in [0.05, 0.1) is 6.61 Å². The summed E-state index contributed by atoms with van der Waals surface area (Å²) in [5.41, 5.74) is 2.71. The Kier molecular flexibility index (Phi) is 3.95. The van der Waals surface area contributed by atoms with Crippen LogP contribution >= 0.6 is 0 Å². The standard InChI is InChI=1S/C17H25NO/c1-13-4-6-14(7-5-13)12-19-16-9-8-15-3-2-10-18-17(15)11-16/h8-9,11,13-14,18H,2-7,10,12H2,1H3. The molecule has 0 spiro atoms. The molecule has 0 aromatic heterocycles. The second-order valence-corrected chi connectivity index (χ2v) is 6.29. The smallest absolute Gasteiger partial charge is 0.121 e. The molecule has 3 rings (SSSR count). The molecule has 1 saturated carbocycles. The molecule has 1 aromatic rings. The van der Waals surface area contributed by atoms with Crippen LogP contribution in [-0.4, -0.2) is 13.2 Å². The van der Waals surface area contributed by atoms with Gasteiger partial charge >= 0.3 is 0 Å². The molecule has 1 aliphatic heterocycles. The number of hydrogen-bond acceptors (Lipinski definition) is 2. The van der Waals surface area contributed by atoms with E-state index in [1.807, 2.05) is 0 Å². The minimum Gasteiger partial charge on any atom is -0.493 e. The van der Waals surface area contributed by atoms with Crippen molar-refractivity contribution >= 4 is 5.69 Å². The van der Waals surface area contributed by atoms with E-state index in [-0.39, 0.29) is 0 Å². The first-order chi connectivity index (χ1) is 9.31. The summed E-state index contributed by atoms with van der Waals surface area (Å²) < 4.78 is 6.01. The normalized spacial score (nSPS) is 26.4. The van der Waals surface area contributed by atoms with E-state index in [4.69, 9.17) is 4.74 Å². The molecule has 0 bridgehead atoms. The summed E-state index contributed by atoms with van der Waals surface area (Å²) in [6.07, 6.45) is 7.87. The van der Waals surface area contributed by atoms with E-state index in [0.29, 0.717) is 0 Å². The van der Waals surface area contributed by atoms with Gasteiger partial charge in [-0.25, -0.2) is 0 Å². The van der Waals surface area contributed by atoms with Crippen LogP contribution in [0, 0.1) is 11.8 Å². The van der Waals surface area contributed by atoms with Gasteiger partial charge < -0.3 is 10.1 Å². The first-order valence-electron chi connectivity index (χ1n) is 7.81. The van der Waals surface area contributed by atoms with E-state index in [0.717, 1.165) is 30.7 Å². The van der Waals surface area contributed by atoms with Crippen LogP contribution in [0.3, 0.4) is 0 Å². The maximum atomic E-state index is 6.01. The zero-order valence-electron chi connectivity index (χ0n) is 12.0. The summed E-state index contributed by atoms with van der Waals surface area (Å²) in [5, 5.41) is 3.47. The molecule has 2 aliphatic rings. The van der Waals surface area contributed by atoms with Crippen molar-refractivity contribution in [2.75, 3.05) is 18.5 Å². The fourth-order valence-electron chi connectivity index (χ4n) is 3.24. The molecule has 0 amide bonds. The fraction of sp³-hybridized carbons (Fsp3) is 0.647. The highest BCUT2D eigenvalue weighted by molar-refractivity contribution is 5.56. The van der Waals surface area contributed by atoms with Gasteiger partial charge in [-0.15, -0.1) is 0 Å². The summed E-state index contributed by atoms with van der Waals surface area (Å²) in [6.45, 7) is 4.36. The minimum atomic E-state index is 0.764. The number of fused-ring (bicyclic) bond motifs is 1. The molecule has 0 unspecified atom stereocenters. The number of hydrogen-bond donors (Lipinski definition) is 1. The topological polar surface area (TPSA) is 21.3 Å². The maximum absolute atomic E-state index is 6.01. The van der Waals surface area contributed by atoms with Crippen LogP contribution in [0.1, 0.15) is 44.6 Å². The molecule has 1 heterocycles. The number of aryl methyl sites for hydroxylation is 1. The molecule has 1 aliphatic carbocycles. The van der Waals surface area contributed by atoms with E-state index in [9.17, 15) is 0 Å². The first-order valence-corrected chi connectivity index (χ1v) is 7.81. The average molecular weight is 259 g/mol. The Labute approximate surface area is 116 Å². The van der Waals surface area contributed by atoms with Crippen molar-refractivity contribution in [1.29, 1.82) is 0 Å². The van der Waals surface area contributed by atoms with Gasteiger partial charge in [0.25, 0.3) is 0 Å². The lowest BCUT2D eigenvalue weighted by Crippen LogP contribution is -2.19. The van der Waals surface area contributed by atoms with Gasteiger partial charge in [-0.05, 0) is 49.1 Å². The third-order valence-corrected chi connectivity index (χ3v) is 4.64. The zero-order valence-corrected chi connectivity index (χ0v) is 12.0. The van der Waals surface area contributed by atoms with Crippen LogP contribution in [0.5, 0.6) is 5.75 Å². The van der Waals surface area contributed by atoms with Crippen molar-refractivity contribution in [3.05, 3.63) is 23.8 Å². The van der Waals surface area contributed by atoms with Crippen molar-refractivity contribution < 1.29 is 4.74 Å². The van der Waals surface area contributed by atoms with Crippen molar-refractivity contribution in [3.63, 3.8) is 0 Å². The molecular weight excluding hydrogens is 234 g/mol. The number of benzene rings is 1. The SMILES string of the molecule is CC1CCC(COc2ccc3c(c2)NCCC3)CC1. The van der Waals surface area contributed by atoms with Crippen molar-refractivity contribution in [1.82, 2.24) is 0 Å². The van der Waals surface area contributed by atoms with Crippen LogP contribution in [0.4, 0.5) is 5.69 Å². The second-order valence-electron chi connectivity index (χ2n) is 6.29. The van der Waals surface area contributed by atoms with Crippen molar-refractivity contribution in [2.45, 2.75) is 45.4 Å². The summed E-state index contributed by atoms with van der Waals surface area (Å²) >= 11 is 0. The lowest BCUT2D eigenvalue weighted by molar-refractivity contribution is 0.188. The molecule has 2 heteroatoms. The Bertz CT molecular complexity index is 421. The van der Waals surface area contributed by atoms with E-state index in [2.05, 4.69) is 30.4 Å². The fourth-order valence-corrected chi connectivity index (χ4v) is 3.24. The highest BCUT2D eigenvalue weighted by Gasteiger charge is 2.19. The molecule has 1 N–H and O–H groups in total. The Morgan fingerprint density at radius 3 is 2.89 bits per heavy atom. The van der Waals surface area contributed by atoms with E-state index < -0.39 is 0 Å². The molecule has 1 fully saturated rings. The minimum absolute atomic E-state index is 0.764. The van der Waals surface area contributed by atoms with Gasteiger partial charge in [0.1, 0.15) is 5.75 Å². The van der Waals surface area contributed by atoms with Crippen LogP contribution in [0.25, 0.3) is 0 Å². The molecule has 0 radical (unpaired) electrons. The lowest BCUT2D eigenvalue weighted by Gasteiger charge is -2.26. The third kappa shape index (κ3) is 3.23. The molecular formula is C17H25NO. The Balaban J connectivity index is 1.55. The van der Waals surface area contributed by atoms with Gasteiger partial charge in [0.15, 0.2) is 0 Å². The largest absolute Gasteiger partial charge is 0.493 e. The second kappa shape index (κ2) is 5.85. The Morgan fingerprint density at radius 2 is 2.05 bits per heavy atom. The van der Waals surface area contributed by atoms with E-state index in [1.54, 1.807) is 0 Å². The van der Waals surface area contributed by atoms with Crippen molar-refractivity contribution in [2.24, 2.45) is 11.8 Å². The van der Waals surface area contributed by atoms with Crippen molar-refractivity contribution in [3.8, 4) is 5.75 Å². The van der Waals surface area contributed by atoms with E-state index in [1.165, 1.54) is 49.8 Å². The predicted octanol–water partition coefficient (Wildman–Crippen LogP) is 4.25. The molecule has 19 heavy (non-hydrogen) atoms. The highest BCUT2D eigenvalue weighted by atomic mass is 16.5. The summed E-state index contributed by atoms with van der Waals surface area (Å²) in [6, 6.07) is 6.54. The molecule has 0 atom stereocenters. The number of rotatable bonds is 3. The summed E-state index contributed by atoms with van der Waals surface area (Å²) in [4.78, 5) is 0. The van der Waals surface area contributed by atoms with Gasteiger partial charge in [-0.1, -0.05) is 25.8 Å². The number of anilines is 1. The summed E-state index contributed by atoms with van der Waals surface area (Å²) in [5.74, 6) is 2.72. The maximum Gasteiger partial charge on any atom is 0.121 e. The Hall–Kier alpha value is -1.18. The van der Waals surface area contributed by atoms with Crippen LogP contribution < -0.4 is 10.1 Å². The van der Waals surface area contributed by atoms with E-state index >= 15 is 0 Å². The highest BCUT2D eigenvalue weighted by Crippen LogP contribution is 2.30. The van der Waals surface area contributed by atoms with Gasteiger partial charge in [-0.3, -0.25) is 0 Å².